The summed E-state index contributed by atoms with van der Waals surface area (Å²) < 4.78 is 7.22. The quantitative estimate of drug-likeness (QED) is 0.606. The first-order valence-electron chi connectivity index (χ1n) is 9.52. The number of aliphatic imine (C=N–C) groups is 1. The maximum Gasteiger partial charge on any atom is 0.261 e. The standard InChI is InChI=1S/C22H27N7O/c1-14(24)25-11-17(10-23)15-6-8-16(9-7-15)19(22(2,3)4)20-27-21(30-28-20)18-12-26-29(5)13-18/h6-13,19H,1,23-24H2,2-5H3/b17-10+,25-11-/t19-/m1/s1. The fourth-order valence-corrected chi connectivity index (χ4v) is 3.27. The van der Waals surface area contributed by atoms with Crippen molar-refractivity contribution in [3.05, 3.63) is 72.2 Å². The zero-order chi connectivity index (χ0) is 21.9. The molecule has 0 saturated heterocycles. The van der Waals surface area contributed by atoms with E-state index in [9.17, 15) is 0 Å². The molecule has 2 heterocycles. The van der Waals surface area contributed by atoms with Gasteiger partial charge in [-0.15, -0.1) is 0 Å². The van der Waals surface area contributed by atoms with E-state index >= 15 is 0 Å². The van der Waals surface area contributed by atoms with E-state index in [1.165, 1.54) is 6.20 Å². The second-order valence-corrected chi connectivity index (χ2v) is 8.15. The maximum absolute atomic E-state index is 5.75. The Morgan fingerprint density at radius 2 is 1.97 bits per heavy atom. The monoisotopic (exact) mass is 405 g/mol. The number of benzene rings is 1. The predicted octanol–water partition coefficient (Wildman–Crippen LogP) is 3.45. The van der Waals surface area contributed by atoms with E-state index in [1.54, 1.807) is 17.1 Å². The summed E-state index contributed by atoms with van der Waals surface area (Å²) in [7, 11) is 1.85. The van der Waals surface area contributed by atoms with Gasteiger partial charge in [-0.3, -0.25) is 4.68 Å². The van der Waals surface area contributed by atoms with Crippen molar-refractivity contribution >= 4 is 11.8 Å². The second kappa shape index (κ2) is 8.36. The largest absolute Gasteiger partial charge is 0.404 e. The molecule has 8 heteroatoms. The fourth-order valence-electron chi connectivity index (χ4n) is 3.27. The number of aryl methyl sites for hydroxylation is 1. The van der Waals surface area contributed by atoms with E-state index in [1.807, 2.05) is 37.5 Å². The van der Waals surface area contributed by atoms with Gasteiger partial charge in [-0.05, 0) is 16.5 Å². The van der Waals surface area contributed by atoms with Gasteiger partial charge in [-0.1, -0.05) is 56.8 Å². The first kappa shape index (κ1) is 21.0. The molecule has 2 aromatic heterocycles. The van der Waals surface area contributed by atoms with E-state index in [-0.39, 0.29) is 17.2 Å². The molecule has 0 radical (unpaired) electrons. The Morgan fingerprint density at radius 1 is 1.27 bits per heavy atom. The van der Waals surface area contributed by atoms with Gasteiger partial charge in [0.15, 0.2) is 5.82 Å². The second-order valence-electron chi connectivity index (χ2n) is 8.15. The molecule has 4 N–H and O–H groups in total. The van der Waals surface area contributed by atoms with Crippen molar-refractivity contribution in [3.63, 3.8) is 0 Å². The highest BCUT2D eigenvalue weighted by Gasteiger charge is 2.32. The Kier molecular flexibility index (Phi) is 5.86. The maximum atomic E-state index is 5.75. The number of hydrogen-bond donors (Lipinski definition) is 2. The Bertz CT molecular complexity index is 1080. The lowest BCUT2D eigenvalue weighted by molar-refractivity contribution is 0.332. The van der Waals surface area contributed by atoms with E-state index < -0.39 is 0 Å². The van der Waals surface area contributed by atoms with Crippen LogP contribution in [-0.4, -0.2) is 26.1 Å². The van der Waals surface area contributed by atoms with Crippen molar-refractivity contribution < 1.29 is 4.52 Å². The minimum Gasteiger partial charge on any atom is -0.404 e. The number of nitrogens with zero attached hydrogens (tertiary/aromatic N) is 5. The van der Waals surface area contributed by atoms with Crippen LogP contribution in [-0.2, 0) is 7.05 Å². The van der Waals surface area contributed by atoms with Crippen molar-refractivity contribution in [3.8, 4) is 11.5 Å². The third-order valence-corrected chi connectivity index (χ3v) is 4.64. The van der Waals surface area contributed by atoms with Crippen LogP contribution in [0.2, 0.25) is 0 Å². The third kappa shape index (κ3) is 4.65. The molecule has 0 unspecified atom stereocenters. The van der Waals surface area contributed by atoms with Crippen LogP contribution in [0, 0.1) is 5.41 Å². The Balaban J connectivity index is 1.94. The van der Waals surface area contributed by atoms with Crippen molar-refractivity contribution in [1.82, 2.24) is 19.9 Å². The third-order valence-electron chi connectivity index (χ3n) is 4.64. The summed E-state index contributed by atoms with van der Waals surface area (Å²) in [6.07, 6.45) is 6.63. The number of aromatic nitrogens is 4. The molecule has 0 saturated carbocycles. The molecular formula is C22H27N7O. The zero-order valence-electron chi connectivity index (χ0n) is 17.7. The average Bonchev–Trinajstić information content (AvgIpc) is 3.31. The van der Waals surface area contributed by atoms with Crippen LogP contribution in [0.1, 0.15) is 43.6 Å². The highest BCUT2D eigenvalue weighted by molar-refractivity contribution is 6.09. The SMILES string of the molecule is C=C(N)/N=C\C(=C/N)c1ccc([C@H](c2noc(-c3cnn(C)c3)n2)C(C)(C)C)cc1. The van der Waals surface area contributed by atoms with Gasteiger partial charge in [0.1, 0.15) is 5.82 Å². The van der Waals surface area contributed by atoms with E-state index in [4.69, 9.17) is 16.0 Å². The smallest absolute Gasteiger partial charge is 0.261 e. The number of rotatable bonds is 6. The Morgan fingerprint density at radius 3 is 2.50 bits per heavy atom. The molecule has 0 aliphatic carbocycles. The van der Waals surface area contributed by atoms with Crippen molar-refractivity contribution in [2.75, 3.05) is 0 Å². The predicted molar refractivity (Wildman–Crippen MR) is 118 cm³/mol. The van der Waals surface area contributed by atoms with Crippen LogP contribution in [0.3, 0.4) is 0 Å². The van der Waals surface area contributed by atoms with Gasteiger partial charge < -0.3 is 16.0 Å². The normalized spacial score (nSPS) is 13.7. The Hall–Kier alpha value is -3.68. The molecule has 0 fully saturated rings. The highest BCUT2D eigenvalue weighted by atomic mass is 16.5. The van der Waals surface area contributed by atoms with Crippen LogP contribution < -0.4 is 11.5 Å². The van der Waals surface area contributed by atoms with Crippen molar-refractivity contribution in [1.29, 1.82) is 0 Å². The number of nitrogens with two attached hydrogens (primary N) is 2. The van der Waals surface area contributed by atoms with Crippen LogP contribution >= 0.6 is 0 Å². The first-order valence-corrected chi connectivity index (χ1v) is 9.52. The number of hydrogen-bond acceptors (Lipinski definition) is 7. The molecule has 3 rings (SSSR count). The molecule has 0 bridgehead atoms. The van der Waals surface area contributed by atoms with E-state index in [2.05, 4.69) is 47.6 Å². The van der Waals surface area contributed by atoms with Gasteiger partial charge in [0, 0.05) is 31.2 Å². The lowest BCUT2D eigenvalue weighted by Gasteiger charge is -2.28. The summed E-state index contributed by atoms with van der Waals surface area (Å²) in [6, 6.07) is 8.06. The van der Waals surface area contributed by atoms with E-state index in [0.29, 0.717) is 11.7 Å². The summed E-state index contributed by atoms with van der Waals surface area (Å²) in [5.74, 6) is 1.24. The Labute approximate surface area is 176 Å². The van der Waals surface area contributed by atoms with E-state index in [0.717, 1.165) is 22.3 Å². The summed E-state index contributed by atoms with van der Waals surface area (Å²) in [5, 5.41) is 8.43. The van der Waals surface area contributed by atoms with Crippen LogP contribution in [0.15, 0.2) is 64.8 Å². The highest BCUT2D eigenvalue weighted by Crippen LogP contribution is 2.40. The van der Waals surface area contributed by atoms with Crippen LogP contribution in [0.4, 0.5) is 0 Å². The lowest BCUT2D eigenvalue weighted by Crippen LogP contribution is -2.21. The minimum atomic E-state index is -0.136. The average molecular weight is 406 g/mol. The molecule has 0 aliphatic heterocycles. The molecule has 0 aliphatic rings. The van der Waals surface area contributed by atoms with Gasteiger partial charge in [0.2, 0.25) is 0 Å². The summed E-state index contributed by atoms with van der Waals surface area (Å²) >= 11 is 0. The van der Waals surface area contributed by atoms with Crippen LogP contribution in [0.25, 0.3) is 17.0 Å². The zero-order valence-corrected chi connectivity index (χ0v) is 17.7. The van der Waals surface area contributed by atoms with Gasteiger partial charge in [0.25, 0.3) is 5.89 Å². The van der Waals surface area contributed by atoms with Gasteiger partial charge in [-0.25, -0.2) is 4.99 Å². The van der Waals surface area contributed by atoms with Crippen molar-refractivity contribution in [2.45, 2.75) is 26.7 Å². The molecular weight excluding hydrogens is 378 g/mol. The summed E-state index contributed by atoms with van der Waals surface area (Å²) in [6.45, 7) is 10.0. The summed E-state index contributed by atoms with van der Waals surface area (Å²) in [5.41, 5.74) is 14.6. The molecule has 1 aromatic carbocycles. The number of allylic oxidation sites excluding steroid dienone is 1. The summed E-state index contributed by atoms with van der Waals surface area (Å²) in [4.78, 5) is 8.67. The fraction of sp³-hybridized carbons (Fsp3) is 0.273. The van der Waals surface area contributed by atoms with Crippen molar-refractivity contribution in [2.24, 2.45) is 28.9 Å². The van der Waals surface area contributed by atoms with Gasteiger partial charge in [0.05, 0.1) is 17.7 Å². The van der Waals surface area contributed by atoms with Gasteiger partial charge in [-0.2, -0.15) is 10.1 Å². The molecule has 0 amide bonds. The first-order chi connectivity index (χ1) is 14.2. The lowest BCUT2D eigenvalue weighted by atomic mass is 9.76. The molecule has 30 heavy (non-hydrogen) atoms. The van der Waals surface area contributed by atoms with Crippen LogP contribution in [0.5, 0.6) is 0 Å². The molecule has 0 spiro atoms. The molecule has 156 valence electrons. The molecule has 3 aromatic rings. The van der Waals surface area contributed by atoms with Gasteiger partial charge >= 0.3 is 0 Å². The molecule has 1 atom stereocenters. The topological polar surface area (TPSA) is 121 Å². The minimum absolute atomic E-state index is 0.0662. The molecule has 8 nitrogen and oxygen atoms in total.